The van der Waals surface area contributed by atoms with Crippen LogP contribution in [0.4, 0.5) is 0 Å². The van der Waals surface area contributed by atoms with E-state index in [-0.39, 0.29) is 18.2 Å². The second-order valence-corrected chi connectivity index (χ2v) is 6.45. The summed E-state index contributed by atoms with van der Waals surface area (Å²) in [7, 11) is 0. The van der Waals surface area contributed by atoms with E-state index in [1.165, 1.54) is 0 Å². The van der Waals surface area contributed by atoms with Gasteiger partial charge in [-0.25, -0.2) is 0 Å². The van der Waals surface area contributed by atoms with Gasteiger partial charge in [-0.2, -0.15) is 0 Å². The molecule has 0 heterocycles. The fourth-order valence-corrected chi connectivity index (χ4v) is 3.06. The number of nitrogens with one attached hydrogen (secondary N) is 1. The van der Waals surface area contributed by atoms with Crippen LogP contribution in [0.25, 0.3) is 0 Å². The van der Waals surface area contributed by atoms with E-state index in [4.69, 9.17) is 23.2 Å². The molecule has 0 bridgehead atoms. The average molecular weight is 407 g/mol. The van der Waals surface area contributed by atoms with Gasteiger partial charge in [0.2, 0.25) is 0 Å². The van der Waals surface area contributed by atoms with E-state index >= 15 is 0 Å². The molecule has 0 aromatic heterocycles. The molecule has 1 N–H and O–H groups in total. The highest BCUT2D eigenvalue weighted by Crippen LogP contribution is 2.26. The van der Waals surface area contributed by atoms with Gasteiger partial charge in [0.15, 0.2) is 5.78 Å². The van der Waals surface area contributed by atoms with Crippen LogP contribution < -0.4 is 5.32 Å². The summed E-state index contributed by atoms with van der Waals surface area (Å²) in [6.07, 6.45) is 0. The van der Waals surface area contributed by atoms with Gasteiger partial charge >= 0.3 is 0 Å². The van der Waals surface area contributed by atoms with Crippen LogP contribution in [0.5, 0.6) is 0 Å². The van der Waals surface area contributed by atoms with Gasteiger partial charge < -0.3 is 0 Å². The van der Waals surface area contributed by atoms with Crippen molar-refractivity contribution in [2.45, 2.75) is 12.6 Å². The van der Waals surface area contributed by atoms with E-state index in [0.29, 0.717) is 22.2 Å². The first-order valence-electron chi connectivity index (χ1n) is 7.97. The number of carbonyl (C=O) groups excluding carboxylic acids is 1. The first-order valence-corrected chi connectivity index (χ1v) is 8.73. The quantitative estimate of drug-likeness (QED) is 0.499. The molecule has 1 atom stereocenters. The summed E-state index contributed by atoms with van der Waals surface area (Å²) in [5.74, 6) is 0.0185. The molecule has 5 heteroatoms. The Hall–Kier alpha value is -1.84. The minimum absolute atomic E-state index is 0. The Balaban J connectivity index is 0.00000243. The lowest BCUT2D eigenvalue weighted by molar-refractivity contribution is 0.0942. The van der Waals surface area contributed by atoms with Gasteiger partial charge in [0.1, 0.15) is 0 Å². The van der Waals surface area contributed by atoms with Gasteiger partial charge in [-0.1, -0.05) is 96.0 Å². The van der Waals surface area contributed by atoms with Crippen molar-refractivity contribution in [2.24, 2.45) is 0 Å². The molecule has 0 amide bonds. The zero-order valence-corrected chi connectivity index (χ0v) is 16.2. The average Bonchev–Trinajstić information content (AvgIpc) is 2.66. The zero-order chi connectivity index (χ0) is 17.6. The first-order chi connectivity index (χ1) is 12.2. The van der Waals surface area contributed by atoms with E-state index < -0.39 is 6.04 Å². The molecule has 3 rings (SSSR count). The number of halogens is 3. The normalized spacial score (nSPS) is 11.5. The number of benzene rings is 3. The Bertz CT molecular complexity index is 854. The van der Waals surface area contributed by atoms with E-state index in [9.17, 15) is 4.79 Å². The predicted octanol–water partition coefficient (Wildman–Crippen LogP) is 6.13. The minimum Gasteiger partial charge on any atom is -0.299 e. The Morgan fingerprint density at radius 3 is 2.12 bits per heavy atom. The molecular weight excluding hydrogens is 389 g/mol. The van der Waals surface area contributed by atoms with Crippen LogP contribution in [0.15, 0.2) is 78.9 Å². The number of ketones is 1. The Morgan fingerprint density at radius 1 is 0.846 bits per heavy atom. The largest absolute Gasteiger partial charge is 0.299 e. The van der Waals surface area contributed by atoms with E-state index in [1.54, 1.807) is 6.07 Å². The molecule has 2 nitrogen and oxygen atoms in total. The predicted molar refractivity (Wildman–Crippen MR) is 111 cm³/mol. The number of hydrogen-bond acceptors (Lipinski definition) is 2. The van der Waals surface area contributed by atoms with Crippen LogP contribution in [0.1, 0.15) is 27.5 Å². The lowest BCUT2D eigenvalue weighted by Crippen LogP contribution is -2.28. The molecule has 0 saturated heterocycles. The summed E-state index contributed by atoms with van der Waals surface area (Å²) in [5.41, 5.74) is 2.44. The molecular formula is C21H18Cl3NO. The molecule has 26 heavy (non-hydrogen) atoms. The van der Waals surface area contributed by atoms with Crippen LogP contribution in [0, 0.1) is 0 Å². The van der Waals surface area contributed by atoms with Crippen molar-refractivity contribution in [3.8, 4) is 0 Å². The van der Waals surface area contributed by atoms with Crippen molar-refractivity contribution in [2.75, 3.05) is 0 Å². The second kappa shape index (κ2) is 9.75. The number of carbonyl (C=O) groups is 1. The van der Waals surface area contributed by atoms with Crippen LogP contribution in [0.3, 0.4) is 0 Å². The van der Waals surface area contributed by atoms with Crippen LogP contribution in [-0.4, -0.2) is 5.78 Å². The standard InChI is InChI=1S/C21H17Cl2NO.ClH/c22-18-13-7-12-17(19(18)23)14-24-20(15-8-3-1-4-9-15)21(25)16-10-5-2-6-11-16;/h1-13,20,24H,14H2;1H. The van der Waals surface area contributed by atoms with Gasteiger partial charge in [-0.15, -0.1) is 12.4 Å². The SMILES string of the molecule is Cl.O=C(c1ccccc1)C(NCc1cccc(Cl)c1Cl)c1ccccc1. The van der Waals surface area contributed by atoms with Crippen molar-refractivity contribution < 1.29 is 4.79 Å². The van der Waals surface area contributed by atoms with Crippen molar-refractivity contribution in [3.63, 3.8) is 0 Å². The third-order valence-corrected chi connectivity index (χ3v) is 4.84. The highest BCUT2D eigenvalue weighted by molar-refractivity contribution is 6.42. The molecule has 0 aliphatic heterocycles. The smallest absolute Gasteiger partial charge is 0.184 e. The molecule has 0 radical (unpaired) electrons. The summed E-state index contributed by atoms with van der Waals surface area (Å²) in [5, 5.41) is 4.34. The summed E-state index contributed by atoms with van der Waals surface area (Å²) >= 11 is 12.3. The van der Waals surface area contributed by atoms with E-state index in [2.05, 4.69) is 5.32 Å². The molecule has 3 aromatic rings. The number of hydrogen-bond donors (Lipinski definition) is 1. The number of Topliss-reactive ketones (excluding diaryl/α,β-unsaturated/α-hetero) is 1. The Kier molecular flexibility index (Phi) is 7.67. The molecule has 0 spiro atoms. The monoisotopic (exact) mass is 405 g/mol. The van der Waals surface area contributed by atoms with Crippen molar-refractivity contribution >= 4 is 41.4 Å². The summed E-state index contributed by atoms with van der Waals surface area (Å²) in [6.45, 7) is 0.442. The molecule has 0 aliphatic rings. The second-order valence-electron chi connectivity index (χ2n) is 5.67. The van der Waals surface area contributed by atoms with Gasteiger partial charge in [-0.05, 0) is 17.2 Å². The molecule has 0 aliphatic carbocycles. The fraction of sp³-hybridized carbons (Fsp3) is 0.0952. The Labute approximate surface area is 169 Å². The minimum atomic E-state index is -0.460. The third-order valence-electron chi connectivity index (χ3n) is 3.98. The molecule has 134 valence electrons. The lowest BCUT2D eigenvalue weighted by atomic mass is 9.97. The Morgan fingerprint density at radius 2 is 1.46 bits per heavy atom. The topological polar surface area (TPSA) is 29.1 Å². The van der Waals surface area contributed by atoms with Crippen LogP contribution >= 0.6 is 35.6 Å². The first kappa shape index (κ1) is 20.5. The van der Waals surface area contributed by atoms with Gasteiger partial charge in [0.25, 0.3) is 0 Å². The van der Waals surface area contributed by atoms with Gasteiger partial charge in [-0.3, -0.25) is 10.1 Å². The van der Waals surface area contributed by atoms with Crippen molar-refractivity contribution in [3.05, 3.63) is 106 Å². The van der Waals surface area contributed by atoms with Crippen molar-refractivity contribution in [1.29, 1.82) is 0 Å². The number of rotatable bonds is 6. The highest BCUT2D eigenvalue weighted by Gasteiger charge is 2.21. The summed E-state index contributed by atoms with van der Waals surface area (Å²) < 4.78 is 0. The van der Waals surface area contributed by atoms with E-state index in [0.717, 1.165) is 11.1 Å². The maximum atomic E-state index is 13.0. The van der Waals surface area contributed by atoms with Crippen molar-refractivity contribution in [1.82, 2.24) is 5.32 Å². The molecule has 0 fully saturated rings. The fourth-order valence-electron chi connectivity index (χ4n) is 2.67. The zero-order valence-electron chi connectivity index (χ0n) is 13.9. The molecule has 0 saturated carbocycles. The third kappa shape index (κ3) is 4.87. The van der Waals surface area contributed by atoms with Crippen LogP contribution in [-0.2, 0) is 6.54 Å². The summed E-state index contributed by atoms with van der Waals surface area (Å²) in [6, 6.07) is 24.0. The van der Waals surface area contributed by atoms with Crippen LogP contribution in [0.2, 0.25) is 10.0 Å². The lowest BCUT2D eigenvalue weighted by Gasteiger charge is -2.19. The maximum absolute atomic E-state index is 13.0. The van der Waals surface area contributed by atoms with Gasteiger partial charge in [0, 0.05) is 12.1 Å². The van der Waals surface area contributed by atoms with E-state index in [1.807, 2.05) is 72.8 Å². The maximum Gasteiger partial charge on any atom is 0.184 e. The highest BCUT2D eigenvalue weighted by atomic mass is 35.5. The summed E-state index contributed by atoms with van der Waals surface area (Å²) in [4.78, 5) is 13.0. The molecule has 3 aromatic carbocycles. The van der Waals surface area contributed by atoms with Gasteiger partial charge in [0.05, 0.1) is 16.1 Å². The molecule has 1 unspecified atom stereocenters.